The highest BCUT2D eigenvalue weighted by Gasteiger charge is 2.20. The van der Waals surface area contributed by atoms with Crippen molar-refractivity contribution in [3.8, 4) is 17.2 Å². The van der Waals surface area contributed by atoms with Crippen molar-refractivity contribution in [2.24, 2.45) is 0 Å². The maximum absolute atomic E-state index is 12.1. The molecule has 1 heterocycles. The molecule has 0 saturated carbocycles. The van der Waals surface area contributed by atoms with E-state index in [9.17, 15) is 9.90 Å². The number of carbonyl (C=O) groups is 1. The quantitative estimate of drug-likeness (QED) is 0.592. The van der Waals surface area contributed by atoms with E-state index in [-0.39, 0.29) is 25.2 Å². The van der Waals surface area contributed by atoms with Crippen LogP contribution in [-0.2, 0) is 14.3 Å². The third-order valence-corrected chi connectivity index (χ3v) is 4.24. The van der Waals surface area contributed by atoms with E-state index in [2.05, 4.69) is 5.32 Å². The zero-order valence-corrected chi connectivity index (χ0v) is 16.1. The molecule has 0 aliphatic carbocycles. The Bertz CT molecular complexity index is 567. The molecule has 1 fully saturated rings. The number of carbonyl (C=O) groups excluding carboxylic acids is 1. The highest BCUT2D eigenvalue weighted by molar-refractivity contribution is 5.80. The first-order chi connectivity index (χ1) is 13.0. The van der Waals surface area contributed by atoms with Crippen molar-refractivity contribution < 1.29 is 33.6 Å². The average Bonchev–Trinajstić information content (AvgIpc) is 3.21. The molecule has 0 aromatic heterocycles. The molecule has 3 atom stereocenters. The van der Waals surface area contributed by atoms with Crippen LogP contribution >= 0.6 is 0 Å². The van der Waals surface area contributed by atoms with Gasteiger partial charge in [-0.3, -0.25) is 4.79 Å². The maximum Gasteiger partial charge on any atom is 0.248 e. The summed E-state index contributed by atoms with van der Waals surface area (Å²) >= 11 is 0. The molecule has 1 aliphatic rings. The predicted octanol–water partition coefficient (Wildman–Crippen LogP) is 1.14. The number of nitrogens with one attached hydrogen (secondary N) is 1. The number of ether oxygens (including phenoxy) is 5. The van der Waals surface area contributed by atoms with Gasteiger partial charge in [-0.1, -0.05) is 6.07 Å². The van der Waals surface area contributed by atoms with E-state index < -0.39 is 12.2 Å². The molecule has 2 rings (SSSR count). The zero-order chi connectivity index (χ0) is 19.6. The maximum atomic E-state index is 12.1. The van der Waals surface area contributed by atoms with Gasteiger partial charge in [0, 0.05) is 13.2 Å². The molecule has 1 saturated heterocycles. The minimum Gasteiger partial charge on any atom is -0.493 e. The molecule has 1 aliphatic heterocycles. The second-order valence-corrected chi connectivity index (χ2v) is 6.31. The van der Waals surface area contributed by atoms with E-state index in [4.69, 9.17) is 23.7 Å². The standard InChI is InChI=1S/C19H29NO7/c1-13(26-12-15-6-5-9-25-15)19(22)20-10-14(21)11-27-18-16(23-2)7-4-8-17(18)24-3/h4,7-8,13-15,21H,5-6,9-12H2,1-3H3,(H,20,22). The largest absolute Gasteiger partial charge is 0.493 e. The van der Waals surface area contributed by atoms with Crippen molar-refractivity contribution in [1.82, 2.24) is 5.32 Å². The number of rotatable bonds is 11. The van der Waals surface area contributed by atoms with Crippen LogP contribution in [0.2, 0.25) is 0 Å². The summed E-state index contributed by atoms with van der Waals surface area (Å²) in [6, 6.07) is 5.25. The molecule has 3 unspecified atom stereocenters. The van der Waals surface area contributed by atoms with Crippen molar-refractivity contribution in [3.05, 3.63) is 18.2 Å². The summed E-state index contributed by atoms with van der Waals surface area (Å²) in [5, 5.41) is 12.7. The molecule has 0 radical (unpaired) electrons. The third kappa shape index (κ3) is 6.57. The molecule has 0 bridgehead atoms. The lowest BCUT2D eigenvalue weighted by Gasteiger charge is -2.19. The van der Waals surface area contributed by atoms with E-state index in [0.29, 0.717) is 23.9 Å². The lowest BCUT2D eigenvalue weighted by molar-refractivity contribution is -0.134. The monoisotopic (exact) mass is 383 g/mol. The molecule has 152 valence electrons. The van der Waals surface area contributed by atoms with Crippen molar-refractivity contribution in [3.63, 3.8) is 0 Å². The highest BCUT2D eigenvalue weighted by Crippen LogP contribution is 2.36. The second-order valence-electron chi connectivity index (χ2n) is 6.31. The van der Waals surface area contributed by atoms with Crippen LogP contribution in [0.4, 0.5) is 0 Å². The first-order valence-corrected chi connectivity index (χ1v) is 9.08. The lowest BCUT2D eigenvalue weighted by atomic mass is 10.2. The summed E-state index contributed by atoms with van der Waals surface area (Å²) in [5.41, 5.74) is 0. The molecule has 8 heteroatoms. The van der Waals surface area contributed by atoms with Crippen LogP contribution in [0.15, 0.2) is 18.2 Å². The summed E-state index contributed by atoms with van der Waals surface area (Å²) in [7, 11) is 3.05. The van der Waals surface area contributed by atoms with Crippen molar-refractivity contribution in [2.75, 3.05) is 40.6 Å². The van der Waals surface area contributed by atoms with Crippen molar-refractivity contribution in [2.45, 2.75) is 38.1 Å². The van der Waals surface area contributed by atoms with Crippen LogP contribution in [0.5, 0.6) is 17.2 Å². The molecule has 27 heavy (non-hydrogen) atoms. The fourth-order valence-corrected chi connectivity index (χ4v) is 2.66. The van der Waals surface area contributed by atoms with E-state index in [0.717, 1.165) is 19.4 Å². The number of hydrogen-bond acceptors (Lipinski definition) is 7. The van der Waals surface area contributed by atoms with Crippen LogP contribution in [0.1, 0.15) is 19.8 Å². The zero-order valence-electron chi connectivity index (χ0n) is 16.1. The van der Waals surface area contributed by atoms with E-state index in [1.54, 1.807) is 25.1 Å². The Morgan fingerprint density at radius 3 is 2.63 bits per heavy atom. The number of benzene rings is 1. The van der Waals surface area contributed by atoms with Crippen LogP contribution in [0.25, 0.3) is 0 Å². The van der Waals surface area contributed by atoms with Gasteiger partial charge in [-0.2, -0.15) is 0 Å². The Morgan fingerprint density at radius 1 is 1.33 bits per heavy atom. The number of methoxy groups -OCH3 is 2. The van der Waals surface area contributed by atoms with Crippen molar-refractivity contribution in [1.29, 1.82) is 0 Å². The van der Waals surface area contributed by atoms with Gasteiger partial charge in [0.25, 0.3) is 0 Å². The van der Waals surface area contributed by atoms with Crippen LogP contribution in [-0.4, -0.2) is 69.9 Å². The number of hydrogen-bond donors (Lipinski definition) is 2. The van der Waals surface area contributed by atoms with Gasteiger partial charge in [-0.25, -0.2) is 0 Å². The summed E-state index contributed by atoms with van der Waals surface area (Å²) in [6.07, 6.45) is 0.537. The summed E-state index contributed by atoms with van der Waals surface area (Å²) in [6.45, 7) is 2.84. The van der Waals surface area contributed by atoms with Crippen LogP contribution < -0.4 is 19.5 Å². The number of amides is 1. The SMILES string of the molecule is COc1cccc(OC)c1OCC(O)CNC(=O)C(C)OCC1CCCO1. The molecule has 0 spiro atoms. The molecule has 2 N–H and O–H groups in total. The second kappa shape index (κ2) is 11.0. The smallest absolute Gasteiger partial charge is 0.248 e. The number of aliphatic hydroxyl groups excluding tert-OH is 1. The minimum atomic E-state index is -0.895. The Morgan fingerprint density at radius 2 is 2.04 bits per heavy atom. The summed E-state index contributed by atoms with van der Waals surface area (Å²) < 4.78 is 27.1. The van der Waals surface area contributed by atoms with Crippen LogP contribution in [0, 0.1) is 0 Å². The van der Waals surface area contributed by atoms with Gasteiger partial charge in [0.15, 0.2) is 11.5 Å². The Hall–Kier alpha value is -2.03. The topological polar surface area (TPSA) is 95.5 Å². The average molecular weight is 383 g/mol. The number of para-hydroxylation sites is 1. The van der Waals surface area contributed by atoms with E-state index in [1.807, 2.05) is 0 Å². The molecular weight excluding hydrogens is 354 g/mol. The molecule has 8 nitrogen and oxygen atoms in total. The van der Waals surface area contributed by atoms with Gasteiger partial charge >= 0.3 is 0 Å². The van der Waals surface area contributed by atoms with Gasteiger partial charge in [0.1, 0.15) is 18.8 Å². The van der Waals surface area contributed by atoms with Gasteiger partial charge in [0.2, 0.25) is 11.7 Å². The minimum absolute atomic E-state index is 0.0256. The summed E-state index contributed by atoms with van der Waals surface area (Å²) in [4.78, 5) is 12.1. The molecule has 1 amide bonds. The van der Waals surface area contributed by atoms with Gasteiger partial charge in [0.05, 0.1) is 26.9 Å². The third-order valence-electron chi connectivity index (χ3n) is 4.24. The number of aliphatic hydroxyl groups is 1. The van der Waals surface area contributed by atoms with Crippen LogP contribution in [0.3, 0.4) is 0 Å². The Kier molecular flexibility index (Phi) is 8.63. The Labute approximate surface area is 159 Å². The van der Waals surface area contributed by atoms with Crippen molar-refractivity contribution >= 4 is 5.91 Å². The molecule has 1 aromatic carbocycles. The fraction of sp³-hybridized carbons (Fsp3) is 0.632. The summed E-state index contributed by atoms with van der Waals surface area (Å²) in [5.74, 6) is 1.12. The lowest BCUT2D eigenvalue weighted by Crippen LogP contribution is -2.41. The van der Waals surface area contributed by atoms with Gasteiger partial charge in [-0.05, 0) is 31.9 Å². The first kappa shape index (κ1) is 21.3. The first-order valence-electron chi connectivity index (χ1n) is 9.08. The molecule has 1 aromatic rings. The highest BCUT2D eigenvalue weighted by atomic mass is 16.5. The normalized spacial score (nSPS) is 18.6. The van der Waals surface area contributed by atoms with E-state index >= 15 is 0 Å². The Balaban J connectivity index is 1.72. The van der Waals surface area contributed by atoms with Gasteiger partial charge in [-0.15, -0.1) is 0 Å². The van der Waals surface area contributed by atoms with E-state index in [1.165, 1.54) is 14.2 Å². The van der Waals surface area contributed by atoms with Gasteiger partial charge < -0.3 is 34.1 Å². The predicted molar refractivity (Wildman–Crippen MR) is 98.4 cm³/mol. The fourth-order valence-electron chi connectivity index (χ4n) is 2.66. The molecular formula is C19H29NO7.